The third-order valence-corrected chi connectivity index (χ3v) is 2.12. The average molecular weight is 240 g/mol. The van der Waals surface area contributed by atoms with Crippen LogP contribution in [0.2, 0.25) is 0 Å². The molecule has 1 aromatic rings. The molecule has 0 amide bonds. The molecule has 0 aromatic carbocycles. The molecule has 0 radical (unpaired) electrons. The van der Waals surface area contributed by atoms with E-state index in [1.165, 1.54) is 6.33 Å². The summed E-state index contributed by atoms with van der Waals surface area (Å²) in [5, 5.41) is 3.17. The lowest BCUT2D eigenvalue weighted by atomic mass is 10.3. The van der Waals surface area contributed by atoms with Gasteiger partial charge >= 0.3 is 0 Å². The molecule has 0 saturated carbocycles. The Balaban J connectivity index is 2.44. The molecule has 0 spiro atoms. The van der Waals surface area contributed by atoms with Crippen LogP contribution >= 0.6 is 0 Å². The number of nitrogens with two attached hydrogens (primary N) is 1. The number of nitrogens with zero attached hydrogens (tertiary/aromatic N) is 2. The number of ether oxygens (including phenoxy) is 2. The number of aromatic nitrogens is 2. The number of anilines is 1. The minimum absolute atomic E-state index is 0.543. The first-order valence-electron chi connectivity index (χ1n) is 5.75. The quantitative estimate of drug-likeness (QED) is 0.646. The molecule has 0 aliphatic carbocycles. The standard InChI is InChI=1S/C11H20N4O2/c1-3-17-11-9(2)10(14-8-15-11)13-5-7-16-6-4-12/h8H,3-7,12H2,1-2H3,(H,13,14,15). The first kappa shape index (κ1) is 13.7. The molecule has 6 nitrogen and oxygen atoms in total. The monoisotopic (exact) mass is 240 g/mol. The zero-order valence-corrected chi connectivity index (χ0v) is 10.4. The van der Waals surface area contributed by atoms with Gasteiger partial charge in [-0.15, -0.1) is 0 Å². The van der Waals surface area contributed by atoms with Gasteiger partial charge in [0.05, 0.1) is 25.4 Å². The van der Waals surface area contributed by atoms with E-state index in [2.05, 4.69) is 15.3 Å². The van der Waals surface area contributed by atoms with Gasteiger partial charge in [-0.05, 0) is 13.8 Å². The van der Waals surface area contributed by atoms with Crippen LogP contribution in [0.3, 0.4) is 0 Å². The molecule has 0 saturated heterocycles. The van der Waals surface area contributed by atoms with Crippen LogP contribution in [0, 0.1) is 6.92 Å². The van der Waals surface area contributed by atoms with Crippen molar-refractivity contribution in [3.63, 3.8) is 0 Å². The van der Waals surface area contributed by atoms with Crippen molar-refractivity contribution >= 4 is 5.82 Å². The Morgan fingerprint density at radius 2 is 2.18 bits per heavy atom. The Morgan fingerprint density at radius 3 is 2.88 bits per heavy atom. The molecule has 1 heterocycles. The van der Waals surface area contributed by atoms with E-state index in [9.17, 15) is 0 Å². The van der Waals surface area contributed by atoms with Gasteiger partial charge in [0.2, 0.25) is 5.88 Å². The summed E-state index contributed by atoms with van der Waals surface area (Å²) in [5.74, 6) is 1.40. The molecular formula is C11H20N4O2. The summed E-state index contributed by atoms with van der Waals surface area (Å²) in [6.45, 7) is 6.85. The van der Waals surface area contributed by atoms with Gasteiger partial charge < -0.3 is 20.5 Å². The molecule has 0 unspecified atom stereocenters. The zero-order chi connectivity index (χ0) is 12.5. The summed E-state index contributed by atoms with van der Waals surface area (Å²) in [6.07, 6.45) is 1.49. The molecule has 0 aliphatic heterocycles. The smallest absolute Gasteiger partial charge is 0.221 e. The molecule has 3 N–H and O–H groups in total. The predicted molar refractivity (Wildman–Crippen MR) is 66.3 cm³/mol. The summed E-state index contributed by atoms with van der Waals surface area (Å²) >= 11 is 0. The summed E-state index contributed by atoms with van der Waals surface area (Å²) < 4.78 is 10.6. The van der Waals surface area contributed by atoms with Crippen LogP contribution in [0.5, 0.6) is 5.88 Å². The molecule has 6 heteroatoms. The Labute approximate surface area is 102 Å². The van der Waals surface area contributed by atoms with Crippen LogP contribution in [-0.4, -0.2) is 42.9 Å². The van der Waals surface area contributed by atoms with Crippen LogP contribution in [0.25, 0.3) is 0 Å². The third-order valence-electron chi connectivity index (χ3n) is 2.12. The normalized spacial score (nSPS) is 10.3. The Bertz CT molecular complexity index is 333. The summed E-state index contributed by atoms with van der Waals surface area (Å²) in [6, 6.07) is 0. The zero-order valence-electron chi connectivity index (χ0n) is 10.4. The van der Waals surface area contributed by atoms with Gasteiger partial charge in [-0.1, -0.05) is 0 Å². The van der Waals surface area contributed by atoms with Crippen molar-refractivity contribution in [2.24, 2.45) is 5.73 Å². The van der Waals surface area contributed by atoms with Crippen molar-refractivity contribution in [2.45, 2.75) is 13.8 Å². The molecule has 0 bridgehead atoms. The number of hydrogen-bond acceptors (Lipinski definition) is 6. The lowest BCUT2D eigenvalue weighted by Gasteiger charge is -2.11. The molecular weight excluding hydrogens is 220 g/mol. The molecule has 0 fully saturated rings. The molecule has 1 rings (SSSR count). The van der Waals surface area contributed by atoms with Crippen molar-refractivity contribution < 1.29 is 9.47 Å². The molecule has 0 atom stereocenters. The van der Waals surface area contributed by atoms with E-state index in [0.29, 0.717) is 38.8 Å². The molecule has 96 valence electrons. The SMILES string of the molecule is CCOc1ncnc(NCCOCCN)c1C. The molecule has 1 aromatic heterocycles. The highest BCUT2D eigenvalue weighted by molar-refractivity contribution is 5.47. The second kappa shape index (κ2) is 7.81. The van der Waals surface area contributed by atoms with E-state index in [1.807, 2.05) is 13.8 Å². The van der Waals surface area contributed by atoms with E-state index in [-0.39, 0.29) is 0 Å². The number of rotatable bonds is 8. The maximum Gasteiger partial charge on any atom is 0.221 e. The predicted octanol–water partition coefficient (Wildman–Crippen LogP) is 0.571. The van der Waals surface area contributed by atoms with E-state index < -0.39 is 0 Å². The fourth-order valence-corrected chi connectivity index (χ4v) is 1.32. The summed E-state index contributed by atoms with van der Waals surface area (Å²) in [7, 11) is 0. The number of hydrogen-bond donors (Lipinski definition) is 2. The Morgan fingerprint density at radius 1 is 1.35 bits per heavy atom. The minimum atomic E-state index is 0.543. The van der Waals surface area contributed by atoms with Gasteiger partial charge in [0.15, 0.2) is 0 Å². The highest BCUT2D eigenvalue weighted by Crippen LogP contribution is 2.19. The first-order valence-corrected chi connectivity index (χ1v) is 5.75. The van der Waals surface area contributed by atoms with Crippen LogP contribution in [0.4, 0.5) is 5.82 Å². The van der Waals surface area contributed by atoms with Crippen LogP contribution < -0.4 is 15.8 Å². The third kappa shape index (κ3) is 4.54. The van der Waals surface area contributed by atoms with Gasteiger partial charge in [-0.25, -0.2) is 9.97 Å². The van der Waals surface area contributed by atoms with Crippen LogP contribution in [0.1, 0.15) is 12.5 Å². The van der Waals surface area contributed by atoms with Crippen molar-refractivity contribution in [2.75, 3.05) is 38.2 Å². The maximum atomic E-state index is 5.38. The maximum absolute atomic E-state index is 5.38. The fourth-order valence-electron chi connectivity index (χ4n) is 1.32. The number of nitrogens with one attached hydrogen (secondary N) is 1. The second-order valence-corrected chi connectivity index (χ2v) is 3.41. The topological polar surface area (TPSA) is 82.3 Å². The fraction of sp³-hybridized carbons (Fsp3) is 0.636. The van der Waals surface area contributed by atoms with Gasteiger partial charge in [0.1, 0.15) is 12.1 Å². The van der Waals surface area contributed by atoms with Gasteiger partial charge in [-0.3, -0.25) is 0 Å². The molecule has 17 heavy (non-hydrogen) atoms. The van der Waals surface area contributed by atoms with Gasteiger partial charge in [0, 0.05) is 13.1 Å². The van der Waals surface area contributed by atoms with Crippen LogP contribution in [0.15, 0.2) is 6.33 Å². The van der Waals surface area contributed by atoms with Gasteiger partial charge in [-0.2, -0.15) is 0 Å². The average Bonchev–Trinajstić information content (AvgIpc) is 2.33. The lowest BCUT2D eigenvalue weighted by molar-refractivity contribution is 0.151. The minimum Gasteiger partial charge on any atom is -0.478 e. The van der Waals surface area contributed by atoms with Gasteiger partial charge in [0.25, 0.3) is 0 Å². The van der Waals surface area contributed by atoms with Crippen molar-refractivity contribution in [1.82, 2.24) is 9.97 Å². The lowest BCUT2D eigenvalue weighted by Crippen LogP contribution is -2.15. The molecule has 0 aliphatic rings. The van der Waals surface area contributed by atoms with E-state index in [1.54, 1.807) is 0 Å². The van der Waals surface area contributed by atoms with Crippen molar-refractivity contribution in [1.29, 1.82) is 0 Å². The van der Waals surface area contributed by atoms with E-state index in [0.717, 1.165) is 11.4 Å². The summed E-state index contributed by atoms with van der Waals surface area (Å²) in [4.78, 5) is 8.22. The van der Waals surface area contributed by atoms with Crippen molar-refractivity contribution in [3.05, 3.63) is 11.9 Å². The Hall–Kier alpha value is -1.40. The van der Waals surface area contributed by atoms with Crippen LogP contribution in [-0.2, 0) is 4.74 Å². The second-order valence-electron chi connectivity index (χ2n) is 3.41. The van der Waals surface area contributed by atoms with E-state index >= 15 is 0 Å². The first-order chi connectivity index (χ1) is 8.29. The van der Waals surface area contributed by atoms with Crippen molar-refractivity contribution in [3.8, 4) is 5.88 Å². The highest BCUT2D eigenvalue weighted by Gasteiger charge is 2.06. The largest absolute Gasteiger partial charge is 0.478 e. The Kier molecular flexibility index (Phi) is 6.27. The van der Waals surface area contributed by atoms with E-state index in [4.69, 9.17) is 15.2 Å². The summed E-state index contributed by atoms with van der Waals surface area (Å²) in [5.41, 5.74) is 6.23. The highest BCUT2D eigenvalue weighted by atomic mass is 16.5.